The average molecular weight is 385 g/mol. The number of aromatic nitrogens is 4. The first-order chi connectivity index (χ1) is 13.0. The van der Waals surface area contributed by atoms with Gasteiger partial charge in [-0.15, -0.1) is 0 Å². The van der Waals surface area contributed by atoms with Gasteiger partial charge in [-0.1, -0.05) is 36.1 Å². The lowest BCUT2D eigenvalue weighted by atomic mass is 9.85. The molecule has 1 saturated carbocycles. The van der Waals surface area contributed by atoms with Crippen molar-refractivity contribution < 1.29 is 9.50 Å². The van der Waals surface area contributed by atoms with Gasteiger partial charge < -0.3 is 9.67 Å². The van der Waals surface area contributed by atoms with Gasteiger partial charge >= 0.3 is 0 Å². The molecule has 3 aromatic rings. The molecule has 0 amide bonds. The van der Waals surface area contributed by atoms with E-state index < -0.39 is 5.60 Å². The predicted molar refractivity (Wildman–Crippen MR) is 102 cm³/mol. The monoisotopic (exact) mass is 384 g/mol. The Balaban J connectivity index is 1.77. The number of fused-ring (bicyclic) bond motifs is 1. The number of nitrogens with zero attached hydrogens (tertiary/aromatic N) is 4. The summed E-state index contributed by atoms with van der Waals surface area (Å²) in [4.78, 5) is 13.1. The van der Waals surface area contributed by atoms with E-state index in [9.17, 15) is 9.50 Å². The van der Waals surface area contributed by atoms with E-state index in [1.54, 1.807) is 23.7 Å². The summed E-state index contributed by atoms with van der Waals surface area (Å²) < 4.78 is 15.3. The van der Waals surface area contributed by atoms with Gasteiger partial charge in [-0.25, -0.2) is 19.3 Å². The van der Waals surface area contributed by atoms with Crippen LogP contribution in [0.1, 0.15) is 37.9 Å². The van der Waals surface area contributed by atoms with Gasteiger partial charge in [0.05, 0.1) is 0 Å². The van der Waals surface area contributed by atoms with E-state index in [2.05, 4.69) is 26.8 Å². The summed E-state index contributed by atoms with van der Waals surface area (Å²) in [5.41, 5.74) is 0.577. The normalized spacial score (nSPS) is 16.1. The minimum absolute atomic E-state index is 0.179. The third-order valence-corrected chi connectivity index (χ3v) is 5.11. The lowest BCUT2D eigenvalue weighted by Gasteiger charge is -2.26. The maximum atomic E-state index is 13.6. The Bertz CT molecular complexity index is 1080. The SMILES string of the molecule is Cn1c(-c2cccc(F)c2)nc2c(Cl)nc(C#CC3(O)CCCCC3)nc21. The number of hydrogen-bond acceptors (Lipinski definition) is 4. The van der Waals surface area contributed by atoms with Crippen LogP contribution in [0.4, 0.5) is 4.39 Å². The van der Waals surface area contributed by atoms with Gasteiger partial charge in [0.15, 0.2) is 10.8 Å². The van der Waals surface area contributed by atoms with Crippen molar-refractivity contribution in [3.05, 3.63) is 41.1 Å². The molecule has 2 heterocycles. The van der Waals surface area contributed by atoms with Crippen molar-refractivity contribution >= 4 is 22.8 Å². The van der Waals surface area contributed by atoms with Crippen molar-refractivity contribution in [2.45, 2.75) is 37.7 Å². The first kappa shape index (κ1) is 17.9. The first-order valence-electron chi connectivity index (χ1n) is 8.87. The molecule has 0 radical (unpaired) electrons. The molecule has 1 aliphatic rings. The molecular weight excluding hydrogens is 367 g/mol. The second kappa shape index (κ2) is 6.91. The van der Waals surface area contributed by atoms with Crippen molar-refractivity contribution in [1.29, 1.82) is 0 Å². The van der Waals surface area contributed by atoms with Crippen molar-refractivity contribution in [1.82, 2.24) is 19.5 Å². The van der Waals surface area contributed by atoms with Crippen LogP contribution >= 0.6 is 11.6 Å². The van der Waals surface area contributed by atoms with Crippen molar-refractivity contribution in [3.63, 3.8) is 0 Å². The van der Waals surface area contributed by atoms with Crippen molar-refractivity contribution in [3.8, 4) is 23.2 Å². The molecule has 1 aromatic carbocycles. The van der Waals surface area contributed by atoms with Crippen LogP contribution in [0, 0.1) is 17.7 Å². The Morgan fingerprint density at radius 3 is 2.70 bits per heavy atom. The van der Waals surface area contributed by atoms with Crippen LogP contribution in [0.2, 0.25) is 5.15 Å². The van der Waals surface area contributed by atoms with E-state index in [4.69, 9.17) is 11.6 Å². The molecule has 1 aliphatic carbocycles. The second-order valence-electron chi connectivity index (χ2n) is 6.86. The zero-order valence-electron chi connectivity index (χ0n) is 14.8. The van der Waals surface area contributed by atoms with E-state index in [-0.39, 0.29) is 16.8 Å². The highest BCUT2D eigenvalue weighted by Crippen LogP contribution is 2.28. The summed E-state index contributed by atoms with van der Waals surface area (Å²) >= 11 is 6.29. The molecule has 2 aromatic heterocycles. The highest BCUT2D eigenvalue weighted by Gasteiger charge is 2.26. The number of rotatable bonds is 1. The van der Waals surface area contributed by atoms with E-state index in [0.29, 0.717) is 35.4 Å². The predicted octanol–water partition coefficient (Wildman–Crippen LogP) is 3.87. The fourth-order valence-corrected chi connectivity index (χ4v) is 3.61. The number of aryl methyl sites for hydroxylation is 1. The summed E-state index contributed by atoms with van der Waals surface area (Å²) in [5, 5.41) is 10.7. The van der Waals surface area contributed by atoms with Crippen LogP contribution in [0.25, 0.3) is 22.6 Å². The van der Waals surface area contributed by atoms with Crippen molar-refractivity contribution in [2.75, 3.05) is 0 Å². The van der Waals surface area contributed by atoms with Gasteiger partial charge in [0.2, 0.25) is 5.82 Å². The number of benzene rings is 1. The van der Waals surface area contributed by atoms with Gasteiger partial charge in [-0.3, -0.25) is 0 Å². The Hall–Kier alpha value is -2.49. The van der Waals surface area contributed by atoms with Gasteiger partial charge in [0.25, 0.3) is 0 Å². The third kappa shape index (κ3) is 3.53. The fourth-order valence-electron chi connectivity index (χ4n) is 3.40. The summed E-state index contributed by atoms with van der Waals surface area (Å²) in [6, 6.07) is 6.18. The zero-order chi connectivity index (χ0) is 19.0. The van der Waals surface area contributed by atoms with E-state index >= 15 is 0 Å². The molecule has 0 spiro atoms. The topological polar surface area (TPSA) is 63.8 Å². The van der Waals surface area contributed by atoms with Crippen LogP contribution in [0.15, 0.2) is 24.3 Å². The van der Waals surface area contributed by atoms with Gasteiger partial charge in [-0.2, -0.15) is 0 Å². The minimum Gasteiger partial charge on any atom is -0.378 e. The molecule has 138 valence electrons. The summed E-state index contributed by atoms with van der Waals surface area (Å²) in [5.74, 6) is 6.21. The largest absolute Gasteiger partial charge is 0.378 e. The third-order valence-electron chi connectivity index (χ3n) is 4.85. The molecule has 1 fully saturated rings. The smallest absolute Gasteiger partial charge is 0.208 e. The number of halogens is 2. The highest BCUT2D eigenvalue weighted by atomic mass is 35.5. The van der Waals surface area contributed by atoms with Crippen LogP contribution in [0.5, 0.6) is 0 Å². The Labute approximate surface area is 161 Å². The molecular formula is C20H18ClFN4O. The molecule has 4 rings (SSSR count). The van der Waals surface area contributed by atoms with Gasteiger partial charge in [-0.05, 0) is 43.7 Å². The summed E-state index contributed by atoms with van der Waals surface area (Å²) in [7, 11) is 1.78. The molecule has 0 bridgehead atoms. The molecule has 1 N–H and O–H groups in total. The minimum atomic E-state index is -0.984. The maximum absolute atomic E-state index is 13.6. The second-order valence-corrected chi connectivity index (χ2v) is 7.22. The quantitative estimate of drug-likeness (QED) is 0.511. The van der Waals surface area contributed by atoms with Crippen LogP contribution in [-0.2, 0) is 7.05 Å². The van der Waals surface area contributed by atoms with E-state index in [0.717, 1.165) is 19.3 Å². The van der Waals surface area contributed by atoms with Gasteiger partial charge in [0, 0.05) is 12.6 Å². The molecule has 0 atom stereocenters. The Morgan fingerprint density at radius 2 is 1.96 bits per heavy atom. The molecule has 5 nitrogen and oxygen atoms in total. The fraction of sp³-hybridized carbons (Fsp3) is 0.350. The van der Waals surface area contributed by atoms with E-state index in [1.807, 2.05) is 0 Å². The molecule has 0 saturated heterocycles. The van der Waals surface area contributed by atoms with Crippen LogP contribution in [-0.4, -0.2) is 30.2 Å². The summed E-state index contributed by atoms with van der Waals surface area (Å²) in [6.45, 7) is 0. The number of imidazole rings is 1. The molecule has 0 unspecified atom stereocenters. The highest BCUT2D eigenvalue weighted by molar-refractivity contribution is 6.33. The maximum Gasteiger partial charge on any atom is 0.208 e. The van der Waals surface area contributed by atoms with Gasteiger partial charge in [0.1, 0.15) is 22.8 Å². The number of hydrogen-bond donors (Lipinski definition) is 1. The Kier molecular flexibility index (Phi) is 4.58. The molecule has 0 aliphatic heterocycles. The lowest BCUT2D eigenvalue weighted by Crippen LogP contribution is -2.29. The number of aliphatic hydroxyl groups is 1. The van der Waals surface area contributed by atoms with Crippen molar-refractivity contribution in [2.24, 2.45) is 7.05 Å². The zero-order valence-corrected chi connectivity index (χ0v) is 15.6. The van der Waals surface area contributed by atoms with E-state index in [1.165, 1.54) is 12.1 Å². The van der Waals surface area contributed by atoms with Crippen LogP contribution < -0.4 is 0 Å². The molecule has 7 heteroatoms. The average Bonchev–Trinajstić information content (AvgIpc) is 2.98. The lowest BCUT2D eigenvalue weighted by molar-refractivity contribution is 0.0610. The molecule has 27 heavy (non-hydrogen) atoms. The summed E-state index contributed by atoms with van der Waals surface area (Å²) in [6.07, 6.45) is 4.36. The van der Waals surface area contributed by atoms with Crippen LogP contribution in [0.3, 0.4) is 0 Å². The first-order valence-corrected chi connectivity index (χ1v) is 9.24. The Morgan fingerprint density at radius 1 is 1.19 bits per heavy atom. The standard InChI is InChI=1S/C20H18ClFN4O/c1-26-18(13-6-5-7-14(22)12-13)25-16-17(21)23-15(24-19(16)26)8-11-20(27)9-3-2-4-10-20/h5-7,12,27H,2-4,9-10H2,1H3.